The summed E-state index contributed by atoms with van der Waals surface area (Å²) in [6.07, 6.45) is 6.78. The highest BCUT2D eigenvalue weighted by atomic mass is 32.2. The first-order chi connectivity index (χ1) is 17.2. The number of rotatable bonds is 7. The minimum Gasteiger partial charge on any atom is -0.489 e. The van der Waals surface area contributed by atoms with Crippen molar-refractivity contribution in [2.75, 3.05) is 11.5 Å². The van der Waals surface area contributed by atoms with Crippen molar-refractivity contribution in [2.24, 2.45) is 5.41 Å². The summed E-state index contributed by atoms with van der Waals surface area (Å²) in [5, 5.41) is 8.94. The van der Waals surface area contributed by atoms with Gasteiger partial charge in [-0.3, -0.25) is 0 Å². The molecular weight excluding hydrogens is 492 g/mol. The Morgan fingerprint density at radius 1 is 1.14 bits per heavy atom. The Morgan fingerprint density at radius 2 is 1.89 bits per heavy atom. The van der Waals surface area contributed by atoms with Gasteiger partial charge in [0.15, 0.2) is 0 Å². The lowest BCUT2D eigenvalue weighted by atomic mass is 9.70. The average Bonchev–Trinajstić information content (AvgIpc) is 3.46. The molecule has 0 radical (unpaired) electrons. The molecule has 1 N–H and O–H groups in total. The van der Waals surface area contributed by atoms with E-state index in [4.69, 9.17) is 14.6 Å². The highest BCUT2D eigenvalue weighted by Crippen LogP contribution is 2.59. The quantitative estimate of drug-likeness (QED) is 0.250. The number of carbonyl (C=O) groups is 2. The lowest BCUT2D eigenvalue weighted by molar-refractivity contribution is -0.133. The molecule has 1 saturated carbocycles. The fourth-order valence-electron chi connectivity index (χ4n) is 5.65. The van der Waals surface area contributed by atoms with Crippen LogP contribution in [0.4, 0.5) is 0 Å². The number of aryl methyl sites for hydroxylation is 1. The molecule has 7 heteroatoms. The van der Waals surface area contributed by atoms with Gasteiger partial charge in [0.2, 0.25) is 0 Å². The first-order valence-electron chi connectivity index (χ1n) is 12.5. The number of carbonyl (C=O) groups excluding carboxylic acids is 1. The zero-order valence-corrected chi connectivity index (χ0v) is 22.3. The first-order valence-corrected chi connectivity index (χ1v) is 14.5. The third kappa shape index (κ3) is 5.32. The van der Waals surface area contributed by atoms with Crippen LogP contribution in [-0.4, -0.2) is 34.7 Å². The standard InChI is InChI=1S/C29H32O5S2/c1-28(2)12-11-21-24(18-28)33-22-16-20(17-23(27(21)22)34-26(32)9-8-25(30)31)29(35-14-15-36-29)13-10-19-6-4-3-5-7-19/h3-9,16-17,21,24H,10-15,18H2,1-2H3,(H,30,31). The van der Waals surface area contributed by atoms with Crippen LogP contribution in [0.1, 0.15) is 62.1 Å². The van der Waals surface area contributed by atoms with E-state index in [1.54, 1.807) is 0 Å². The maximum absolute atomic E-state index is 12.6. The zero-order valence-electron chi connectivity index (χ0n) is 20.7. The minimum atomic E-state index is -1.18. The Balaban J connectivity index is 1.51. The van der Waals surface area contributed by atoms with Gasteiger partial charge in [0.25, 0.3) is 0 Å². The summed E-state index contributed by atoms with van der Waals surface area (Å²) in [4.78, 5) is 23.5. The molecule has 1 aliphatic carbocycles. The molecule has 2 heterocycles. The van der Waals surface area contributed by atoms with E-state index < -0.39 is 11.9 Å². The predicted octanol–water partition coefficient (Wildman–Crippen LogP) is 6.55. The van der Waals surface area contributed by atoms with E-state index >= 15 is 0 Å². The van der Waals surface area contributed by atoms with Gasteiger partial charge < -0.3 is 14.6 Å². The normalized spacial score (nSPS) is 23.6. The van der Waals surface area contributed by atoms with Gasteiger partial charge in [-0.05, 0) is 60.8 Å². The van der Waals surface area contributed by atoms with Gasteiger partial charge in [0, 0.05) is 35.1 Å². The molecule has 0 amide bonds. The Kier molecular flexibility index (Phi) is 7.14. The van der Waals surface area contributed by atoms with Crippen molar-refractivity contribution in [3.8, 4) is 11.5 Å². The Bertz CT molecular complexity index is 1170. The van der Waals surface area contributed by atoms with E-state index in [1.807, 2.05) is 35.7 Å². The zero-order chi connectivity index (χ0) is 25.3. The number of hydrogen-bond donors (Lipinski definition) is 1. The summed E-state index contributed by atoms with van der Waals surface area (Å²) in [5.74, 6) is 1.78. The SMILES string of the molecule is CC1(C)CCC2c3c(OC(=O)C=CC(=O)O)cc(C4(CCc5ccccc5)SCCS4)cc3OC2C1. The minimum absolute atomic E-state index is 0.0650. The van der Waals surface area contributed by atoms with E-state index in [0.29, 0.717) is 5.75 Å². The van der Waals surface area contributed by atoms with Crippen molar-refractivity contribution in [2.45, 2.75) is 62.1 Å². The molecule has 2 aliphatic heterocycles. The topological polar surface area (TPSA) is 72.8 Å². The van der Waals surface area contributed by atoms with Crippen LogP contribution in [0.5, 0.6) is 11.5 Å². The van der Waals surface area contributed by atoms with E-state index in [-0.39, 0.29) is 21.5 Å². The predicted molar refractivity (Wildman–Crippen MR) is 145 cm³/mol. The second-order valence-electron chi connectivity index (χ2n) is 10.6. The van der Waals surface area contributed by atoms with Gasteiger partial charge in [-0.1, -0.05) is 44.2 Å². The number of benzene rings is 2. The maximum Gasteiger partial charge on any atom is 0.336 e. The van der Waals surface area contributed by atoms with Crippen molar-refractivity contribution < 1.29 is 24.2 Å². The lowest BCUT2D eigenvalue weighted by Crippen LogP contribution is -2.32. The first kappa shape index (κ1) is 25.3. The van der Waals surface area contributed by atoms with Crippen LogP contribution in [0.15, 0.2) is 54.6 Å². The van der Waals surface area contributed by atoms with Crippen molar-refractivity contribution in [3.63, 3.8) is 0 Å². The highest BCUT2D eigenvalue weighted by Gasteiger charge is 2.46. The second kappa shape index (κ2) is 10.2. The lowest BCUT2D eigenvalue weighted by Gasteiger charge is -2.36. The van der Waals surface area contributed by atoms with Gasteiger partial charge in [0.1, 0.15) is 17.6 Å². The van der Waals surface area contributed by atoms with Crippen molar-refractivity contribution in [1.82, 2.24) is 0 Å². The van der Waals surface area contributed by atoms with Crippen molar-refractivity contribution in [1.29, 1.82) is 0 Å². The van der Waals surface area contributed by atoms with Crippen LogP contribution in [0.2, 0.25) is 0 Å². The third-order valence-corrected chi connectivity index (χ3v) is 11.0. The monoisotopic (exact) mass is 524 g/mol. The number of fused-ring (bicyclic) bond motifs is 3. The van der Waals surface area contributed by atoms with E-state index in [1.165, 1.54) is 5.56 Å². The van der Waals surface area contributed by atoms with Crippen molar-refractivity contribution in [3.05, 3.63) is 71.3 Å². The highest BCUT2D eigenvalue weighted by molar-refractivity contribution is 8.20. The van der Waals surface area contributed by atoms with Gasteiger partial charge in [-0.15, -0.1) is 23.5 Å². The number of carboxylic acids is 1. The van der Waals surface area contributed by atoms with Gasteiger partial charge in [0.05, 0.1) is 4.08 Å². The average molecular weight is 525 g/mol. The number of aliphatic carboxylic acids is 1. The van der Waals surface area contributed by atoms with Crippen LogP contribution in [0.3, 0.4) is 0 Å². The summed E-state index contributed by atoms with van der Waals surface area (Å²) in [6, 6.07) is 14.7. The molecule has 2 atom stereocenters. The van der Waals surface area contributed by atoms with Gasteiger partial charge >= 0.3 is 11.9 Å². The summed E-state index contributed by atoms with van der Waals surface area (Å²) in [5.41, 5.74) is 3.58. The summed E-state index contributed by atoms with van der Waals surface area (Å²) < 4.78 is 12.2. The summed E-state index contributed by atoms with van der Waals surface area (Å²) in [7, 11) is 0. The number of hydrogen-bond acceptors (Lipinski definition) is 6. The maximum atomic E-state index is 12.6. The smallest absolute Gasteiger partial charge is 0.336 e. The number of carboxylic acid groups (broad SMARTS) is 1. The van der Waals surface area contributed by atoms with E-state index in [2.05, 4.69) is 44.2 Å². The Labute approximate surface area is 221 Å². The molecule has 5 rings (SSSR count). The van der Waals surface area contributed by atoms with Crippen LogP contribution < -0.4 is 9.47 Å². The summed E-state index contributed by atoms with van der Waals surface area (Å²) >= 11 is 3.90. The molecule has 190 valence electrons. The van der Waals surface area contributed by atoms with Gasteiger partial charge in [-0.25, -0.2) is 9.59 Å². The molecule has 2 aromatic carbocycles. The van der Waals surface area contributed by atoms with Crippen LogP contribution >= 0.6 is 23.5 Å². The number of thioether (sulfide) groups is 2. The van der Waals surface area contributed by atoms with E-state index in [0.717, 1.165) is 72.6 Å². The molecule has 0 aromatic heterocycles. The van der Waals surface area contributed by atoms with Crippen LogP contribution in [-0.2, 0) is 20.1 Å². The molecule has 3 aliphatic rings. The fraction of sp³-hybridized carbons (Fsp3) is 0.448. The number of esters is 1. The van der Waals surface area contributed by atoms with Gasteiger partial charge in [-0.2, -0.15) is 0 Å². The molecule has 0 spiro atoms. The third-order valence-electron chi connectivity index (χ3n) is 7.44. The molecule has 2 aromatic rings. The fourth-order valence-corrected chi connectivity index (χ4v) is 8.87. The largest absolute Gasteiger partial charge is 0.489 e. The molecule has 2 fully saturated rings. The van der Waals surface area contributed by atoms with Crippen LogP contribution in [0, 0.1) is 5.41 Å². The summed E-state index contributed by atoms with van der Waals surface area (Å²) in [6.45, 7) is 4.56. The molecular formula is C29H32O5S2. The molecule has 2 unspecified atom stereocenters. The number of ether oxygens (including phenoxy) is 2. The Morgan fingerprint density at radius 3 is 2.61 bits per heavy atom. The van der Waals surface area contributed by atoms with Crippen LogP contribution in [0.25, 0.3) is 0 Å². The molecule has 36 heavy (non-hydrogen) atoms. The molecule has 5 nitrogen and oxygen atoms in total. The molecule has 0 bridgehead atoms. The van der Waals surface area contributed by atoms with E-state index in [9.17, 15) is 9.59 Å². The second-order valence-corrected chi connectivity index (χ2v) is 13.6. The Hall–Kier alpha value is -2.38. The molecule has 1 saturated heterocycles. The van der Waals surface area contributed by atoms with Crippen molar-refractivity contribution >= 4 is 35.5 Å².